The van der Waals surface area contributed by atoms with E-state index in [4.69, 9.17) is 0 Å². The molecule has 0 heterocycles. The van der Waals surface area contributed by atoms with Crippen LogP contribution >= 0.6 is 0 Å². The van der Waals surface area contributed by atoms with E-state index >= 15 is 0 Å². The molecule has 1 atom stereocenters. The quantitative estimate of drug-likeness (QED) is 0.625. The molecule has 0 fully saturated rings. The Hall–Kier alpha value is -1.06. The normalized spacial score (nSPS) is 12.4. The molecule has 0 aromatic carbocycles. The average molecular weight is 173 g/mol. The number of esters is 1. The lowest BCUT2D eigenvalue weighted by Gasteiger charge is -2.18. The van der Waals surface area contributed by atoms with Crippen LogP contribution in [0.1, 0.15) is 20.8 Å². The van der Waals surface area contributed by atoms with Gasteiger partial charge < -0.3 is 10.1 Å². The van der Waals surface area contributed by atoms with Crippen LogP contribution in [-0.2, 0) is 14.3 Å². The molecule has 0 bridgehead atoms. The fourth-order valence-electron chi connectivity index (χ4n) is 0.844. The predicted molar refractivity (Wildman–Crippen MR) is 44.5 cm³/mol. The summed E-state index contributed by atoms with van der Waals surface area (Å²) in [6.45, 7) is 5.06. The number of carbonyl (C=O) groups excluding carboxylic acids is 2. The Morgan fingerprint density at radius 1 is 1.33 bits per heavy atom. The molecule has 0 saturated heterocycles. The minimum absolute atomic E-state index is 0.0429. The zero-order valence-corrected chi connectivity index (χ0v) is 7.88. The molecule has 1 N–H and O–H groups in total. The molecule has 0 rings (SSSR count). The summed E-state index contributed by atoms with van der Waals surface area (Å²) in [5, 5.41) is 2.52. The van der Waals surface area contributed by atoms with Gasteiger partial charge in [-0.05, 0) is 5.92 Å². The molecule has 0 aromatic rings. The van der Waals surface area contributed by atoms with Gasteiger partial charge in [-0.3, -0.25) is 4.79 Å². The predicted octanol–water partition coefficient (Wildman–Crippen LogP) is 0.320. The highest BCUT2D eigenvalue weighted by Crippen LogP contribution is 2.02. The van der Waals surface area contributed by atoms with Gasteiger partial charge in [0.1, 0.15) is 6.04 Å². The maximum absolute atomic E-state index is 11.1. The minimum Gasteiger partial charge on any atom is -0.467 e. The van der Waals surface area contributed by atoms with Gasteiger partial charge in [0.15, 0.2) is 0 Å². The second-order valence-electron chi connectivity index (χ2n) is 2.95. The molecule has 0 saturated carbocycles. The third-order valence-electron chi connectivity index (χ3n) is 1.48. The fraction of sp³-hybridized carbons (Fsp3) is 0.750. The van der Waals surface area contributed by atoms with Crippen molar-refractivity contribution in [2.24, 2.45) is 5.92 Å². The lowest BCUT2D eigenvalue weighted by Crippen LogP contribution is -2.44. The van der Waals surface area contributed by atoms with Gasteiger partial charge in [-0.1, -0.05) is 13.8 Å². The molecular formula is C8H15NO3. The van der Waals surface area contributed by atoms with Gasteiger partial charge in [0.25, 0.3) is 0 Å². The fourth-order valence-corrected chi connectivity index (χ4v) is 0.844. The van der Waals surface area contributed by atoms with Gasteiger partial charge in [-0.2, -0.15) is 0 Å². The highest BCUT2D eigenvalue weighted by atomic mass is 16.5. The van der Waals surface area contributed by atoms with E-state index in [0.717, 1.165) is 0 Å². The first-order valence-corrected chi connectivity index (χ1v) is 3.84. The summed E-state index contributed by atoms with van der Waals surface area (Å²) in [7, 11) is 1.31. The summed E-state index contributed by atoms with van der Waals surface area (Å²) in [5.41, 5.74) is 0. The molecule has 4 nitrogen and oxygen atoms in total. The summed E-state index contributed by atoms with van der Waals surface area (Å²) in [5.74, 6) is -0.583. The van der Waals surface area contributed by atoms with E-state index in [1.54, 1.807) is 0 Å². The molecule has 0 aliphatic heterocycles. The van der Waals surface area contributed by atoms with E-state index in [-0.39, 0.29) is 11.8 Å². The number of hydrogen-bond donors (Lipinski definition) is 1. The largest absolute Gasteiger partial charge is 0.467 e. The van der Waals surface area contributed by atoms with Crippen molar-refractivity contribution in [3.63, 3.8) is 0 Å². The molecule has 0 aromatic heterocycles. The van der Waals surface area contributed by atoms with Crippen LogP contribution < -0.4 is 5.32 Å². The molecule has 70 valence electrons. The summed E-state index contributed by atoms with van der Waals surface area (Å²) in [4.78, 5) is 21.7. The number of ether oxygens (including phenoxy) is 1. The zero-order valence-electron chi connectivity index (χ0n) is 7.88. The first-order valence-electron chi connectivity index (χ1n) is 3.84. The van der Waals surface area contributed by atoms with Gasteiger partial charge >= 0.3 is 5.97 Å². The Morgan fingerprint density at radius 3 is 2.08 bits per heavy atom. The van der Waals surface area contributed by atoms with Crippen LogP contribution in [-0.4, -0.2) is 25.0 Å². The van der Waals surface area contributed by atoms with Crippen molar-refractivity contribution in [1.29, 1.82) is 0 Å². The smallest absolute Gasteiger partial charge is 0.328 e. The maximum atomic E-state index is 11.1. The molecular weight excluding hydrogens is 158 g/mol. The van der Waals surface area contributed by atoms with E-state index in [2.05, 4.69) is 10.1 Å². The van der Waals surface area contributed by atoms with E-state index in [1.165, 1.54) is 14.0 Å². The molecule has 0 spiro atoms. The number of amides is 1. The van der Waals surface area contributed by atoms with Gasteiger partial charge in [0, 0.05) is 6.92 Å². The second-order valence-corrected chi connectivity index (χ2v) is 2.95. The summed E-state index contributed by atoms with van der Waals surface area (Å²) in [6.07, 6.45) is 0. The molecule has 0 aliphatic rings. The van der Waals surface area contributed by atoms with Crippen molar-refractivity contribution < 1.29 is 14.3 Å². The van der Waals surface area contributed by atoms with Crippen molar-refractivity contribution in [3.8, 4) is 0 Å². The van der Waals surface area contributed by atoms with E-state index in [0.29, 0.717) is 0 Å². The highest BCUT2D eigenvalue weighted by molar-refractivity contribution is 5.83. The molecule has 0 radical (unpaired) electrons. The minimum atomic E-state index is -0.535. The first kappa shape index (κ1) is 10.9. The summed E-state index contributed by atoms with van der Waals surface area (Å²) < 4.78 is 4.52. The van der Waals surface area contributed by atoms with Crippen LogP contribution in [0.15, 0.2) is 0 Å². The SMILES string of the molecule is COC(=O)[C@H](NC(C)=O)C(C)C. The van der Waals surface area contributed by atoms with E-state index in [1.807, 2.05) is 13.8 Å². The topological polar surface area (TPSA) is 55.4 Å². The Balaban J connectivity index is 4.23. The highest BCUT2D eigenvalue weighted by Gasteiger charge is 2.23. The second kappa shape index (κ2) is 4.74. The van der Waals surface area contributed by atoms with Gasteiger partial charge in [-0.25, -0.2) is 4.79 Å². The Morgan fingerprint density at radius 2 is 1.83 bits per heavy atom. The van der Waals surface area contributed by atoms with Crippen molar-refractivity contribution >= 4 is 11.9 Å². The lowest BCUT2D eigenvalue weighted by molar-refractivity contribution is -0.146. The first-order chi connectivity index (χ1) is 5.49. The standard InChI is InChI=1S/C8H15NO3/c1-5(2)7(8(11)12-4)9-6(3)10/h5,7H,1-4H3,(H,9,10)/t7-/m1/s1. The van der Waals surface area contributed by atoms with Crippen molar-refractivity contribution in [2.75, 3.05) is 7.11 Å². The maximum Gasteiger partial charge on any atom is 0.328 e. The molecule has 0 unspecified atom stereocenters. The van der Waals surface area contributed by atoms with Crippen LogP contribution in [0.25, 0.3) is 0 Å². The third-order valence-corrected chi connectivity index (χ3v) is 1.48. The van der Waals surface area contributed by atoms with Crippen molar-refractivity contribution in [2.45, 2.75) is 26.8 Å². The monoisotopic (exact) mass is 173 g/mol. The number of methoxy groups -OCH3 is 1. The van der Waals surface area contributed by atoms with Gasteiger partial charge in [0.2, 0.25) is 5.91 Å². The molecule has 12 heavy (non-hydrogen) atoms. The van der Waals surface area contributed by atoms with Crippen LogP contribution in [0.5, 0.6) is 0 Å². The molecule has 1 amide bonds. The van der Waals surface area contributed by atoms with Crippen LogP contribution in [0.4, 0.5) is 0 Å². The van der Waals surface area contributed by atoms with Crippen molar-refractivity contribution in [3.05, 3.63) is 0 Å². The van der Waals surface area contributed by atoms with Crippen LogP contribution in [0.3, 0.4) is 0 Å². The molecule has 0 aliphatic carbocycles. The van der Waals surface area contributed by atoms with Gasteiger partial charge in [-0.15, -0.1) is 0 Å². The Bertz CT molecular complexity index is 177. The number of nitrogens with one attached hydrogen (secondary N) is 1. The Kier molecular flexibility index (Phi) is 4.33. The van der Waals surface area contributed by atoms with Crippen LogP contribution in [0, 0.1) is 5.92 Å². The molecule has 4 heteroatoms. The van der Waals surface area contributed by atoms with E-state index < -0.39 is 12.0 Å². The van der Waals surface area contributed by atoms with Crippen LogP contribution in [0.2, 0.25) is 0 Å². The zero-order chi connectivity index (χ0) is 9.72. The number of hydrogen-bond acceptors (Lipinski definition) is 3. The van der Waals surface area contributed by atoms with Crippen molar-refractivity contribution in [1.82, 2.24) is 5.32 Å². The van der Waals surface area contributed by atoms with Gasteiger partial charge in [0.05, 0.1) is 7.11 Å². The third kappa shape index (κ3) is 3.37. The lowest BCUT2D eigenvalue weighted by atomic mass is 10.1. The Labute approximate surface area is 72.3 Å². The van der Waals surface area contributed by atoms with E-state index in [9.17, 15) is 9.59 Å². The number of carbonyl (C=O) groups is 2. The average Bonchev–Trinajstić information content (AvgIpc) is 1.98. The summed E-state index contributed by atoms with van der Waals surface area (Å²) in [6, 6.07) is -0.535. The summed E-state index contributed by atoms with van der Waals surface area (Å²) >= 11 is 0. The number of rotatable bonds is 3.